The van der Waals surface area contributed by atoms with Crippen molar-refractivity contribution in [3.63, 3.8) is 0 Å². The first kappa shape index (κ1) is 17.5. The highest BCUT2D eigenvalue weighted by molar-refractivity contribution is 7.13. The van der Waals surface area contributed by atoms with Gasteiger partial charge in [-0.2, -0.15) is 0 Å². The van der Waals surface area contributed by atoms with E-state index in [9.17, 15) is 4.79 Å². The minimum Gasteiger partial charge on any atom is -0.467 e. The van der Waals surface area contributed by atoms with Gasteiger partial charge < -0.3 is 19.4 Å². The Morgan fingerprint density at radius 3 is 2.85 bits per heavy atom. The molecule has 2 fully saturated rings. The molecule has 26 heavy (non-hydrogen) atoms. The summed E-state index contributed by atoms with van der Waals surface area (Å²) in [6.07, 6.45) is 4.00. The molecule has 2 saturated heterocycles. The fraction of sp³-hybridized carbons (Fsp3) is 0.556. The Bertz CT molecular complexity index is 732. The third-order valence-corrected chi connectivity index (χ3v) is 5.70. The Hall–Kier alpha value is -1.90. The van der Waals surface area contributed by atoms with Gasteiger partial charge in [0.1, 0.15) is 12.0 Å². The van der Waals surface area contributed by atoms with E-state index in [1.165, 1.54) is 19.1 Å². The lowest BCUT2D eigenvalue weighted by Gasteiger charge is -2.25. The van der Waals surface area contributed by atoms with Crippen LogP contribution in [0, 0.1) is 0 Å². The average molecular weight is 376 g/mol. The highest BCUT2D eigenvalue weighted by Crippen LogP contribution is 2.24. The Kier molecular flexibility index (Phi) is 5.52. The van der Waals surface area contributed by atoms with Gasteiger partial charge in [-0.3, -0.25) is 9.69 Å². The van der Waals surface area contributed by atoms with Gasteiger partial charge in [-0.1, -0.05) is 0 Å². The van der Waals surface area contributed by atoms with Gasteiger partial charge in [0.05, 0.1) is 37.6 Å². The first-order valence-corrected chi connectivity index (χ1v) is 10.0. The lowest BCUT2D eigenvalue weighted by molar-refractivity contribution is 0.0313. The van der Waals surface area contributed by atoms with E-state index in [1.807, 2.05) is 11.4 Å². The predicted molar refractivity (Wildman–Crippen MR) is 99.5 cm³/mol. The molecular formula is C18H24N4O3S. The molecule has 4 rings (SSSR count). The van der Waals surface area contributed by atoms with Crippen LogP contribution in [0.1, 0.15) is 34.7 Å². The molecule has 0 aromatic carbocycles. The smallest absolute Gasteiger partial charge is 0.254 e. The monoisotopic (exact) mass is 376 g/mol. The molecule has 0 spiro atoms. The van der Waals surface area contributed by atoms with Crippen molar-refractivity contribution in [1.29, 1.82) is 0 Å². The minimum atomic E-state index is -0.127. The molecule has 0 aliphatic carbocycles. The summed E-state index contributed by atoms with van der Waals surface area (Å²) in [4.78, 5) is 21.5. The number of nitrogens with zero attached hydrogens (tertiary/aromatic N) is 3. The normalized spacial score (nSPS) is 18.4. The predicted octanol–water partition coefficient (Wildman–Crippen LogP) is 2.10. The first-order valence-electron chi connectivity index (χ1n) is 9.13. The second-order valence-electron chi connectivity index (χ2n) is 6.69. The summed E-state index contributed by atoms with van der Waals surface area (Å²) in [5, 5.41) is 6.01. The Morgan fingerprint density at radius 2 is 2.04 bits per heavy atom. The third kappa shape index (κ3) is 4.25. The van der Waals surface area contributed by atoms with E-state index < -0.39 is 0 Å². The maximum atomic E-state index is 12.3. The van der Waals surface area contributed by atoms with Crippen molar-refractivity contribution in [3.05, 3.63) is 34.7 Å². The summed E-state index contributed by atoms with van der Waals surface area (Å²) in [5.41, 5.74) is 1.46. The number of furan rings is 1. The van der Waals surface area contributed by atoms with Crippen molar-refractivity contribution < 1.29 is 13.9 Å². The molecule has 1 amide bonds. The number of thiazole rings is 1. The topological polar surface area (TPSA) is 70.8 Å². The van der Waals surface area contributed by atoms with E-state index in [0.29, 0.717) is 18.7 Å². The van der Waals surface area contributed by atoms with Gasteiger partial charge >= 0.3 is 0 Å². The Balaban J connectivity index is 1.28. The molecule has 140 valence electrons. The number of ether oxygens (including phenoxy) is 1. The van der Waals surface area contributed by atoms with Crippen molar-refractivity contribution in [2.45, 2.75) is 25.9 Å². The zero-order valence-electron chi connectivity index (χ0n) is 14.8. The lowest BCUT2D eigenvalue weighted by Crippen LogP contribution is -2.35. The largest absolute Gasteiger partial charge is 0.467 e. The van der Waals surface area contributed by atoms with Gasteiger partial charge in [0.15, 0.2) is 5.13 Å². The van der Waals surface area contributed by atoms with Gasteiger partial charge in [-0.25, -0.2) is 4.98 Å². The molecule has 0 atom stereocenters. The van der Waals surface area contributed by atoms with Crippen molar-refractivity contribution in [1.82, 2.24) is 15.2 Å². The summed E-state index contributed by atoms with van der Waals surface area (Å²) >= 11 is 1.65. The molecule has 8 heteroatoms. The number of morpholine rings is 1. The summed E-state index contributed by atoms with van der Waals surface area (Å²) in [5.74, 6) is 0.680. The number of amides is 1. The molecule has 1 N–H and O–H groups in total. The fourth-order valence-corrected chi connectivity index (χ4v) is 4.15. The summed E-state index contributed by atoms with van der Waals surface area (Å²) in [6, 6.07) is 1.82. The quantitative estimate of drug-likeness (QED) is 0.833. The molecule has 4 heterocycles. The van der Waals surface area contributed by atoms with Crippen LogP contribution in [0.15, 0.2) is 22.1 Å². The average Bonchev–Trinajstić information content (AvgIpc) is 3.41. The summed E-state index contributed by atoms with van der Waals surface area (Å²) < 4.78 is 10.9. The SMILES string of the molecule is O=C(NCc1csc(N2CCCC2)n1)c1coc(CN2CCOCC2)c1. The van der Waals surface area contributed by atoms with Crippen LogP contribution in [0.2, 0.25) is 0 Å². The van der Waals surface area contributed by atoms with E-state index in [2.05, 4.69) is 20.1 Å². The second kappa shape index (κ2) is 8.20. The molecule has 0 saturated carbocycles. The van der Waals surface area contributed by atoms with E-state index in [-0.39, 0.29) is 5.91 Å². The van der Waals surface area contributed by atoms with Crippen molar-refractivity contribution in [2.24, 2.45) is 0 Å². The third-order valence-electron chi connectivity index (χ3n) is 4.75. The van der Waals surface area contributed by atoms with Crippen LogP contribution >= 0.6 is 11.3 Å². The molecule has 0 unspecified atom stereocenters. The van der Waals surface area contributed by atoms with Crippen LogP contribution in [-0.2, 0) is 17.8 Å². The molecule has 2 aromatic heterocycles. The Labute approximate surface area is 156 Å². The van der Waals surface area contributed by atoms with E-state index in [4.69, 9.17) is 9.15 Å². The Morgan fingerprint density at radius 1 is 1.23 bits per heavy atom. The fourth-order valence-electron chi connectivity index (χ4n) is 3.27. The zero-order valence-corrected chi connectivity index (χ0v) is 15.6. The van der Waals surface area contributed by atoms with Crippen LogP contribution in [0.4, 0.5) is 5.13 Å². The van der Waals surface area contributed by atoms with Gasteiger partial charge in [-0.15, -0.1) is 11.3 Å². The van der Waals surface area contributed by atoms with E-state index >= 15 is 0 Å². The number of aromatic nitrogens is 1. The van der Waals surface area contributed by atoms with Gasteiger partial charge in [0.25, 0.3) is 5.91 Å². The maximum absolute atomic E-state index is 12.3. The highest BCUT2D eigenvalue weighted by Gasteiger charge is 2.17. The summed E-state index contributed by atoms with van der Waals surface area (Å²) in [7, 11) is 0. The molecule has 2 aliphatic heterocycles. The second-order valence-corrected chi connectivity index (χ2v) is 7.53. The highest BCUT2D eigenvalue weighted by atomic mass is 32.1. The molecule has 0 bridgehead atoms. The lowest BCUT2D eigenvalue weighted by atomic mass is 10.2. The van der Waals surface area contributed by atoms with Crippen molar-refractivity contribution >= 4 is 22.4 Å². The van der Waals surface area contributed by atoms with Gasteiger partial charge in [-0.05, 0) is 18.9 Å². The van der Waals surface area contributed by atoms with Gasteiger partial charge in [0.2, 0.25) is 0 Å². The molecule has 0 radical (unpaired) electrons. The van der Waals surface area contributed by atoms with Crippen LogP contribution in [0.3, 0.4) is 0 Å². The molecule has 2 aromatic rings. The van der Waals surface area contributed by atoms with Crippen molar-refractivity contribution in [3.8, 4) is 0 Å². The number of hydrogen-bond donors (Lipinski definition) is 1. The van der Waals surface area contributed by atoms with Crippen LogP contribution in [0.25, 0.3) is 0 Å². The minimum absolute atomic E-state index is 0.127. The van der Waals surface area contributed by atoms with Crippen molar-refractivity contribution in [2.75, 3.05) is 44.3 Å². The van der Waals surface area contributed by atoms with E-state index in [0.717, 1.165) is 56.0 Å². The maximum Gasteiger partial charge on any atom is 0.254 e. The van der Waals surface area contributed by atoms with Crippen LogP contribution in [-0.4, -0.2) is 55.2 Å². The number of anilines is 1. The molecule has 2 aliphatic rings. The first-order chi connectivity index (χ1) is 12.8. The standard InChI is InChI=1S/C18H24N4O3S/c23-17(14-9-16(25-12-14)11-21-5-7-24-8-6-21)19-10-15-13-26-18(20-15)22-3-1-2-4-22/h9,12-13H,1-8,10-11H2,(H,19,23). The number of rotatable bonds is 6. The number of nitrogens with one attached hydrogen (secondary N) is 1. The van der Waals surface area contributed by atoms with Gasteiger partial charge in [0, 0.05) is 31.6 Å². The molecule has 7 nitrogen and oxygen atoms in total. The van der Waals surface area contributed by atoms with E-state index in [1.54, 1.807) is 11.3 Å². The van der Waals surface area contributed by atoms with Crippen LogP contribution in [0.5, 0.6) is 0 Å². The van der Waals surface area contributed by atoms with Crippen LogP contribution < -0.4 is 10.2 Å². The number of hydrogen-bond acceptors (Lipinski definition) is 7. The number of carbonyl (C=O) groups is 1. The number of carbonyl (C=O) groups excluding carboxylic acids is 1. The summed E-state index contributed by atoms with van der Waals surface area (Å²) in [6.45, 7) is 6.61. The zero-order chi connectivity index (χ0) is 17.8. The molecular weight excluding hydrogens is 352 g/mol.